The van der Waals surface area contributed by atoms with Crippen LogP contribution in [-0.2, 0) is 10.0 Å². The molecule has 0 saturated carbocycles. The monoisotopic (exact) mass is 269 g/mol. The first kappa shape index (κ1) is 14.9. The molecule has 0 saturated heterocycles. The quantitative estimate of drug-likeness (QED) is 0.745. The standard InChI is InChI=1S/C13H19NO3S/c1-4-5-9-14(3)18(16,17)13-8-6-7-12(10-13)11(2)15/h6-8,10H,4-5,9H2,1-3H3. The molecule has 0 heterocycles. The Morgan fingerprint density at radius 1 is 1.33 bits per heavy atom. The van der Waals surface area contributed by atoms with E-state index in [1.165, 1.54) is 23.4 Å². The van der Waals surface area contributed by atoms with E-state index in [1.54, 1.807) is 19.2 Å². The first-order valence-electron chi connectivity index (χ1n) is 5.97. The number of benzene rings is 1. The summed E-state index contributed by atoms with van der Waals surface area (Å²) >= 11 is 0. The number of Topliss-reactive ketones (excluding diaryl/α,β-unsaturated/α-hetero) is 1. The highest BCUT2D eigenvalue weighted by molar-refractivity contribution is 7.89. The molecule has 100 valence electrons. The van der Waals surface area contributed by atoms with Gasteiger partial charge in [-0.05, 0) is 25.5 Å². The number of unbranched alkanes of at least 4 members (excludes halogenated alkanes) is 1. The van der Waals surface area contributed by atoms with Crippen LogP contribution < -0.4 is 0 Å². The smallest absolute Gasteiger partial charge is 0.242 e. The van der Waals surface area contributed by atoms with Gasteiger partial charge in [-0.2, -0.15) is 0 Å². The summed E-state index contributed by atoms with van der Waals surface area (Å²) < 4.78 is 25.8. The Bertz CT molecular complexity index is 523. The molecular formula is C13H19NO3S. The summed E-state index contributed by atoms with van der Waals surface area (Å²) in [5.74, 6) is -0.136. The maximum Gasteiger partial charge on any atom is 0.242 e. The van der Waals surface area contributed by atoms with Crippen LogP contribution in [0.2, 0.25) is 0 Å². The van der Waals surface area contributed by atoms with Gasteiger partial charge in [0, 0.05) is 19.2 Å². The summed E-state index contributed by atoms with van der Waals surface area (Å²) in [6.45, 7) is 3.92. The summed E-state index contributed by atoms with van der Waals surface area (Å²) in [5.41, 5.74) is 0.417. The van der Waals surface area contributed by atoms with Gasteiger partial charge in [0.25, 0.3) is 0 Å². The van der Waals surface area contributed by atoms with E-state index in [0.29, 0.717) is 12.1 Å². The molecule has 1 rings (SSSR count). The van der Waals surface area contributed by atoms with Crippen LogP contribution in [0.4, 0.5) is 0 Å². The third kappa shape index (κ3) is 3.40. The highest BCUT2D eigenvalue weighted by Crippen LogP contribution is 2.16. The van der Waals surface area contributed by atoms with Crippen LogP contribution in [0.1, 0.15) is 37.0 Å². The zero-order chi connectivity index (χ0) is 13.8. The average molecular weight is 269 g/mol. The van der Waals surface area contributed by atoms with Crippen LogP contribution in [0, 0.1) is 0 Å². The van der Waals surface area contributed by atoms with Crippen molar-refractivity contribution in [2.75, 3.05) is 13.6 Å². The number of hydrogen-bond acceptors (Lipinski definition) is 3. The Labute approximate surface area is 109 Å². The molecule has 0 bridgehead atoms. The van der Waals surface area contributed by atoms with Crippen molar-refractivity contribution >= 4 is 15.8 Å². The molecule has 0 aromatic heterocycles. The molecule has 0 aliphatic rings. The molecule has 1 aromatic carbocycles. The molecule has 0 radical (unpaired) electrons. The number of nitrogens with zero attached hydrogens (tertiary/aromatic N) is 1. The Balaban J connectivity index is 3.04. The van der Waals surface area contributed by atoms with Crippen molar-refractivity contribution in [1.82, 2.24) is 4.31 Å². The minimum Gasteiger partial charge on any atom is -0.295 e. The summed E-state index contributed by atoms with van der Waals surface area (Å²) in [6, 6.07) is 6.16. The topological polar surface area (TPSA) is 54.5 Å². The maximum atomic E-state index is 12.2. The number of carbonyl (C=O) groups is 1. The second kappa shape index (κ2) is 6.11. The van der Waals surface area contributed by atoms with Crippen molar-refractivity contribution in [3.8, 4) is 0 Å². The average Bonchev–Trinajstić information content (AvgIpc) is 2.35. The molecule has 5 heteroatoms. The van der Waals surface area contributed by atoms with Crippen LogP contribution >= 0.6 is 0 Å². The van der Waals surface area contributed by atoms with Crippen LogP contribution in [0.5, 0.6) is 0 Å². The predicted molar refractivity (Wildman–Crippen MR) is 71.2 cm³/mol. The normalized spacial score (nSPS) is 11.8. The van der Waals surface area contributed by atoms with E-state index < -0.39 is 10.0 Å². The zero-order valence-electron chi connectivity index (χ0n) is 11.0. The first-order chi connectivity index (χ1) is 8.39. The third-order valence-corrected chi connectivity index (χ3v) is 4.63. The molecule has 0 amide bonds. The Morgan fingerprint density at radius 2 is 2.00 bits per heavy atom. The Hall–Kier alpha value is -1.20. The van der Waals surface area contributed by atoms with Gasteiger partial charge in [-0.25, -0.2) is 12.7 Å². The van der Waals surface area contributed by atoms with Gasteiger partial charge < -0.3 is 0 Å². The maximum absolute atomic E-state index is 12.2. The molecule has 0 fully saturated rings. The van der Waals surface area contributed by atoms with E-state index in [-0.39, 0.29) is 10.7 Å². The van der Waals surface area contributed by atoms with Crippen molar-refractivity contribution in [2.24, 2.45) is 0 Å². The van der Waals surface area contributed by atoms with Gasteiger partial charge >= 0.3 is 0 Å². The molecule has 0 atom stereocenters. The number of sulfonamides is 1. The van der Waals surface area contributed by atoms with Gasteiger partial charge in [0.1, 0.15) is 0 Å². The fourth-order valence-electron chi connectivity index (χ4n) is 1.56. The second-order valence-corrected chi connectivity index (χ2v) is 6.31. The summed E-state index contributed by atoms with van der Waals surface area (Å²) in [7, 11) is -1.93. The van der Waals surface area contributed by atoms with E-state index in [9.17, 15) is 13.2 Å². The first-order valence-corrected chi connectivity index (χ1v) is 7.41. The van der Waals surface area contributed by atoms with Crippen molar-refractivity contribution in [1.29, 1.82) is 0 Å². The van der Waals surface area contributed by atoms with Gasteiger partial charge in [0.2, 0.25) is 10.0 Å². The molecule has 1 aromatic rings. The van der Waals surface area contributed by atoms with Crippen molar-refractivity contribution in [3.05, 3.63) is 29.8 Å². The van der Waals surface area contributed by atoms with E-state index >= 15 is 0 Å². The SMILES string of the molecule is CCCCN(C)S(=O)(=O)c1cccc(C(C)=O)c1. The van der Waals surface area contributed by atoms with Gasteiger partial charge in [-0.3, -0.25) is 4.79 Å². The largest absolute Gasteiger partial charge is 0.295 e. The number of hydrogen-bond donors (Lipinski definition) is 0. The summed E-state index contributed by atoms with van der Waals surface area (Å²) in [6.07, 6.45) is 1.76. The van der Waals surface area contributed by atoms with Crippen LogP contribution in [0.25, 0.3) is 0 Å². The molecule has 4 nitrogen and oxygen atoms in total. The van der Waals surface area contributed by atoms with E-state index in [1.807, 2.05) is 6.92 Å². The van der Waals surface area contributed by atoms with Gasteiger partial charge in [0.05, 0.1) is 4.90 Å². The number of carbonyl (C=O) groups excluding carboxylic acids is 1. The van der Waals surface area contributed by atoms with E-state index in [0.717, 1.165) is 12.8 Å². The molecule has 0 aliphatic heterocycles. The summed E-state index contributed by atoms with van der Waals surface area (Å²) in [5, 5.41) is 0. The zero-order valence-corrected chi connectivity index (χ0v) is 11.8. The molecule has 0 spiro atoms. The van der Waals surface area contributed by atoms with E-state index in [4.69, 9.17) is 0 Å². The number of ketones is 1. The lowest BCUT2D eigenvalue weighted by Crippen LogP contribution is -2.28. The Kier molecular flexibility index (Phi) is 5.04. The van der Waals surface area contributed by atoms with Crippen LogP contribution in [-0.4, -0.2) is 32.1 Å². The van der Waals surface area contributed by atoms with Gasteiger partial charge in [0.15, 0.2) is 5.78 Å². The fraction of sp³-hybridized carbons (Fsp3) is 0.462. The van der Waals surface area contributed by atoms with Crippen LogP contribution in [0.3, 0.4) is 0 Å². The highest BCUT2D eigenvalue weighted by Gasteiger charge is 2.20. The molecular weight excluding hydrogens is 250 g/mol. The number of rotatable bonds is 6. The molecule has 0 unspecified atom stereocenters. The third-order valence-electron chi connectivity index (χ3n) is 2.78. The predicted octanol–water partition coefficient (Wildman–Crippen LogP) is 2.31. The molecule has 0 aliphatic carbocycles. The minimum absolute atomic E-state index is 0.136. The van der Waals surface area contributed by atoms with E-state index in [2.05, 4.69) is 0 Å². The van der Waals surface area contributed by atoms with Gasteiger partial charge in [-0.15, -0.1) is 0 Å². The lowest BCUT2D eigenvalue weighted by molar-refractivity contribution is 0.101. The summed E-state index contributed by atoms with van der Waals surface area (Å²) in [4.78, 5) is 11.4. The van der Waals surface area contributed by atoms with Gasteiger partial charge in [-0.1, -0.05) is 25.5 Å². The fourth-order valence-corrected chi connectivity index (χ4v) is 2.81. The Morgan fingerprint density at radius 3 is 2.56 bits per heavy atom. The van der Waals surface area contributed by atoms with Crippen molar-refractivity contribution in [2.45, 2.75) is 31.6 Å². The minimum atomic E-state index is -3.49. The molecule has 0 N–H and O–H groups in total. The van der Waals surface area contributed by atoms with Crippen molar-refractivity contribution < 1.29 is 13.2 Å². The van der Waals surface area contributed by atoms with Crippen LogP contribution in [0.15, 0.2) is 29.2 Å². The second-order valence-electron chi connectivity index (χ2n) is 4.26. The van der Waals surface area contributed by atoms with Crippen molar-refractivity contribution in [3.63, 3.8) is 0 Å². The highest BCUT2D eigenvalue weighted by atomic mass is 32.2. The molecule has 18 heavy (non-hydrogen) atoms. The lowest BCUT2D eigenvalue weighted by atomic mass is 10.2. The lowest BCUT2D eigenvalue weighted by Gasteiger charge is -2.17.